The molecule has 2 N–H and O–H groups in total. The minimum Gasteiger partial charge on any atom is -0.444 e. The van der Waals surface area contributed by atoms with Crippen LogP contribution in [0.25, 0.3) is 10.9 Å². The summed E-state index contributed by atoms with van der Waals surface area (Å²) in [5, 5.41) is 0.877. The van der Waals surface area contributed by atoms with Crippen molar-refractivity contribution in [3.63, 3.8) is 0 Å². The molecule has 0 unspecified atom stereocenters. The van der Waals surface area contributed by atoms with E-state index in [1.54, 1.807) is 27.0 Å². The van der Waals surface area contributed by atoms with Crippen molar-refractivity contribution in [2.24, 2.45) is 0 Å². The Morgan fingerprint density at radius 2 is 2.12 bits per heavy atom. The van der Waals surface area contributed by atoms with E-state index in [0.29, 0.717) is 18.5 Å². The van der Waals surface area contributed by atoms with Crippen LogP contribution in [-0.4, -0.2) is 45.8 Å². The predicted octanol–water partition coefficient (Wildman–Crippen LogP) is 3.58. The van der Waals surface area contributed by atoms with E-state index in [2.05, 4.69) is 9.97 Å². The summed E-state index contributed by atoms with van der Waals surface area (Å²) >= 11 is 0. The lowest BCUT2D eigenvalue weighted by Crippen LogP contribution is -2.46. The molecule has 1 aromatic heterocycles. The molecule has 1 aliphatic heterocycles. The Kier molecular flexibility index (Phi) is 4.73. The third-order valence-electron chi connectivity index (χ3n) is 4.58. The number of hydrogen-bond donors (Lipinski definition) is 1. The number of likely N-dealkylation sites (tertiary alicyclic amines) is 1. The zero-order valence-electron chi connectivity index (χ0n) is 15.6. The van der Waals surface area contributed by atoms with Crippen molar-refractivity contribution in [2.45, 2.75) is 51.8 Å². The Balaban J connectivity index is 1.80. The Bertz CT molecular complexity index is 834. The fourth-order valence-electron chi connectivity index (χ4n) is 3.37. The smallest absolute Gasteiger partial charge is 0.410 e. The number of aryl methyl sites for hydroxylation is 1. The van der Waals surface area contributed by atoms with E-state index in [9.17, 15) is 9.18 Å². The molecular weight excluding hydrogens is 335 g/mol. The van der Waals surface area contributed by atoms with Gasteiger partial charge in [0.1, 0.15) is 11.8 Å². The number of nitrogens with zero attached hydrogens (tertiary/aromatic N) is 3. The summed E-state index contributed by atoms with van der Waals surface area (Å²) in [7, 11) is 0. The fraction of sp³-hybridized carbons (Fsp3) is 0.526. The number of benzene rings is 1. The first-order valence-electron chi connectivity index (χ1n) is 8.79. The van der Waals surface area contributed by atoms with Gasteiger partial charge < -0.3 is 15.4 Å². The second-order valence-corrected chi connectivity index (χ2v) is 7.83. The number of piperidine rings is 1. The summed E-state index contributed by atoms with van der Waals surface area (Å²) in [6, 6.07) is 3.85. The number of anilines is 1. The SMILES string of the molecule is Cc1cc2cnc(N)nc2cc1[C@@H]1CCN(C(=O)OC(C)(C)C)C[C@H]1F. The van der Waals surface area contributed by atoms with E-state index in [1.165, 1.54) is 4.90 Å². The lowest BCUT2D eigenvalue weighted by atomic mass is 9.85. The molecule has 1 fully saturated rings. The van der Waals surface area contributed by atoms with Crippen LogP contribution in [0.1, 0.15) is 44.2 Å². The Morgan fingerprint density at radius 3 is 2.77 bits per heavy atom. The summed E-state index contributed by atoms with van der Waals surface area (Å²) in [5.74, 6) is -0.0851. The van der Waals surface area contributed by atoms with Crippen molar-refractivity contribution in [1.82, 2.24) is 14.9 Å². The highest BCUT2D eigenvalue weighted by Crippen LogP contribution is 2.34. The van der Waals surface area contributed by atoms with Gasteiger partial charge >= 0.3 is 6.09 Å². The van der Waals surface area contributed by atoms with Crippen LogP contribution in [0.4, 0.5) is 15.1 Å². The molecule has 3 rings (SSSR count). The molecular formula is C19H25FN4O2. The maximum absolute atomic E-state index is 14.9. The number of nitrogen functional groups attached to an aromatic ring is 1. The molecule has 0 bridgehead atoms. The van der Waals surface area contributed by atoms with Crippen LogP contribution in [0.5, 0.6) is 0 Å². The van der Waals surface area contributed by atoms with Crippen LogP contribution in [0.2, 0.25) is 0 Å². The number of nitrogens with two attached hydrogens (primary N) is 1. The molecule has 2 heterocycles. The van der Waals surface area contributed by atoms with Crippen LogP contribution in [0, 0.1) is 6.92 Å². The third kappa shape index (κ3) is 3.86. The number of hydrogen-bond acceptors (Lipinski definition) is 5. The number of aromatic nitrogens is 2. The number of rotatable bonds is 1. The number of amides is 1. The highest BCUT2D eigenvalue weighted by atomic mass is 19.1. The molecule has 1 amide bonds. The monoisotopic (exact) mass is 360 g/mol. The molecule has 140 valence electrons. The number of alkyl halides is 1. The van der Waals surface area contributed by atoms with Crippen molar-refractivity contribution in [3.8, 4) is 0 Å². The Labute approximate surface area is 152 Å². The normalized spacial score (nSPS) is 21.0. The molecule has 1 aliphatic rings. The molecule has 0 aliphatic carbocycles. The third-order valence-corrected chi connectivity index (χ3v) is 4.58. The molecule has 2 atom stereocenters. The topological polar surface area (TPSA) is 81.3 Å². The van der Waals surface area contributed by atoms with E-state index < -0.39 is 17.9 Å². The quantitative estimate of drug-likeness (QED) is 0.840. The molecule has 1 saturated heterocycles. The average molecular weight is 360 g/mol. The number of fused-ring (bicyclic) bond motifs is 1. The van der Waals surface area contributed by atoms with E-state index in [4.69, 9.17) is 10.5 Å². The van der Waals surface area contributed by atoms with E-state index >= 15 is 0 Å². The van der Waals surface area contributed by atoms with Gasteiger partial charge in [0, 0.05) is 24.0 Å². The van der Waals surface area contributed by atoms with Crippen LogP contribution in [0.3, 0.4) is 0 Å². The Morgan fingerprint density at radius 1 is 1.38 bits per heavy atom. The maximum Gasteiger partial charge on any atom is 0.410 e. The van der Waals surface area contributed by atoms with Crippen LogP contribution >= 0.6 is 0 Å². The highest BCUT2D eigenvalue weighted by molar-refractivity contribution is 5.80. The number of ether oxygens (including phenoxy) is 1. The number of halogens is 1. The van der Waals surface area contributed by atoms with Crippen molar-refractivity contribution in [3.05, 3.63) is 29.5 Å². The summed E-state index contributed by atoms with van der Waals surface area (Å²) < 4.78 is 20.3. The van der Waals surface area contributed by atoms with E-state index in [1.807, 2.05) is 19.1 Å². The second kappa shape index (κ2) is 6.70. The van der Waals surface area contributed by atoms with Gasteiger partial charge in [0.05, 0.1) is 12.1 Å². The van der Waals surface area contributed by atoms with Crippen molar-refractivity contribution in [2.75, 3.05) is 18.8 Å². The van der Waals surface area contributed by atoms with Gasteiger partial charge in [0.15, 0.2) is 0 Å². The largest absolute Gasteiger partial charge is 0.444 e. The molecule has 2 aromatic rings. The van der Waals surface area contributed by atoms with Gasteiger partial charge in [-0.25, -0.2) is 19.2 Å². The molecule has 1 aromatic carbocycles. The minimum atomic E-state index is -1.16. The van der Waals surface area contributed by atoms with Crippen molar-refractivity contribution >= 4 is 22.9 Å². The zero-order chi connectivity index (χ0) is 19.1. The second-order valence-electron chi connectivity index (χ2n) is 7.83. The number of carbonyl (C=O) groups is 1. The van der Waals surface area contributed by atoms with Gasteiger partial charge in [0.2, 0.25) is 5.95 Å². The molecule has 26 heavy (non-hydrogen) atoms. The molecule has 0 spiro atoms. The van der Waals surface area contributed by atoms with Gasteiger partial charge in [-0.15, -0.1) is 0 Å². The van der Waals surface area contributed by atoms with Gasteiger partial charge in [-0.05, 0) is 57.4 Å². The first-order valence-corrected chi connectivity index (χ1v) is 8.79. The number of carbonyl (C=O) groups excluding carboxylic acids is 1. The zero-order valence-corrected chi connectivity index (χ0v) is 15.6. The van der Waals surface area contributed by atoms with E-state index in [0.717, 1.165) is 16.5 Å². The summed E-state index contributed by atoms with van der Waals surface area (Å²) in [6.07, 6.45) is 0.584. The maximum atomic E-state index is 14.9. The first-order chi connectivity index (χ1) is 12.1. The summed E-state index contributed by atoms with van der Waals surface area (Å²) in [5.41, 5.74) is 7.68. The molecule has 0 radical (unpaired) electrons. The van der Waals surface area contributed by atoms with Crippen molar-refractivity contribution in [1.29, 1.82) is 0 Å². The average Bonchev–Trinajstić information content (AvgIpc) is 2.53. The fourth-order valence-corrected chi connectivity index (χ4v) is 3.37. The van der Waals surface area contributed by atoms with E-state index in [-0.39, 0.29) is 18.4 Å². The summed E-state index contributed by atoms with van der Waals surface area (Å²) in [6.45, 7) is 7.86. The van der Waals surface area contributed by atoms with Crippen LogP contribution in [-0.2, 0) is 4.74 Å². The van der Waals surface area contributed by atoms with Gasteiger partial charge in [0.25, 0.3) is 0 Å². The minimum absolute atomic E-state index is 0.0307. The lowest BCUT2D eigenvalue weighted by Gasteiger charge is -2.36. The van der Waals surface area contributed by atoms with Crippen LogP contribution < -0.4 is 5.73 Å². The molecule has 7 heteroatoms. The van der Waals surface area contributed by atoms with Gasteiger partial charge in [-0.2, -0.15) is 0 Å². The summed E-state index contributed by atoms with van der Waals surface area (Å²) in [4.78, 5) is 21.9. The predicted molar refractivity (Wildman–Crippen MR) is 98.7 cm³/mol. The first kappa shape index (κ1) is 18.4. The lowest BCUT2D eigenvalue weighted by molar-refractivity contribution is 0.0111. The van der Waals surface area contributed by atoms with Gasteiger partial charge in [-0.1, -0.05) is 0 Å². The van der Waals surface area contributed by atoms with Crippen LogP contribution in [0.15, 0.2) is 18.3 Å². The van der Waals surface area contributed by atoms with Gasteiger partial charge in [-0.3, -0.25) is 0 Å². The standard InChI is InChI=1S/C19H25FN4O2/c1-11-7-12-9-22-17(21)23-16(12)8-14(11)13-5-6-24(10-15(13)20)18(25)26-19(2,3)4/h7-9,13,15H,5-6,10H2,1-4H3,(H2,21,22,23)/t13-,15+/m0/s1. The Hall–Kier alpha value is -2.44. The van der Waals surface area contributed by atoms with Crippen molar-refractivity contribution < 1.29 is 13.9 Å². The molecule has 6 nitrogen and oxygen atoms in total. The highest BCUT2D eigenvalue weighted by Gasteiger charge is 2.35. The molecule has 0 saturated carbocycles.